The van der Waals surface area contributed by atoms with E-state index < -0.39 is 0 Å². The summed E-state index contributed by atoms with van der Waals surface area (Å²) < 4.78 is 0. The van der Waals surface area contributed by atoms with Crippen molar-refractivity contribution in [2.45, 2.75) is 46.6 Å². The largest absolute Gasteiger partial charge is 0.309 e. The second kappa shape index (κ2) is 7.42. The van der Waals surface area contributed by atoms with Gasteiger partial charge in [0.2, 0.25) is 0 Å². The van der Waals surface area contributed by atoms with Crippen LogP contribution in [-0.4, -0.2) is 31.1 Å². The Balaban J connectivity index is 1.91. The quantitative estimate of drug-likeness (QED) is 0.877. The molecule has 0 radical (unpaired) electrons. The standard InChI is InChI=1S/C19H32N2/c1-5-20-18(16-9-7-6-8-10-16)15-21-13-11-17(12-14-21)19(2,3)4/h6-10,17-18,20H,5,11-15H2,1-4H3. The molecule has 1 fully saturated rings. The second-order valence-electron chi connectivity index (χ2n) is 7.46. The average molecular weight is 288 g/mol. The maximum atomic E-state index is 3.65. The van der Waals surface area contributed by atoms with Crippen molar-refractivity contribution < 1.29 is 0 Å². The lowest BCUT2D eigenvalue weighted by atomic mass is 9.75. The summed E-state index contributed by atoms with van der Waals surface area (Å²) in [6.45, 7) is 14.0. The molecule has 1 N–H and O–H groups in total. The highest BCUT2D eigenvalue weighted by Crippen LogP contribution is 2.34. The molecular weight excluding hydrogens is 256 g/mol. The first-order valence-corrected chi connectivity index (χ1v) is 8.51. The van der Waals surface area contributed by atoms with Gasteiger partial charge in [0.15, 0.2) is 0 Å². The lowest BCUT2D eigenvalue weighted by molar-refractivity contribution is 0.105. The van der Waals surface area contributed by atoms with Crippen molar-refractivity contribution in [1.29, 1.82) is 0 Å². The van der Waals surface area contributed by atoms with Gasteiger partial charge in [-0.15, -0.1) is 0 Å². The number of likely N-dealkylation sites (N-methyl/N-ethyl adjacent to an activating group) is 1. The molecule has 1 aliphatic rings. The van der Waals surface area contributed by atoms with Gasteiger partial charge < -0.3 is 10.2 Å². The van der Waals surface area contributed by atoms with Crippen LogP contribution in [0.5, 0.6) is 0 Å². The number of rotatable bonds is 5. The third-order valence-electron chi connectivity index (χ3n) is 4.91. The van der Waals surface area contributed by atoms with E-state index in [1.807, 2.05) is 0 Å². The summed E-state index contributed by atoms with van der Waals surface area (Å²) in [5.41, 5.74) is 1.88. The lowest BCUT2D eigenvalue weighted by Gasteiger charge is -2.40. The first-order valence-electron chi connectivity index (χ1n) is 8.51. The summed E-state index contributed by atoms with van der Waals surface area (Å²) in [5, 5.41) is 3.65. The fraction of sp³-hybridized carbons (Fsp3) is 0.684. The maximum Gasteiger partial charge on any atom is 0.0449 e. The Morgan fingerprint density at radius 3 is 2.29 bits per heavy atom. The van der Waals surface area contributed by atoms with Crippen LogP contribution >= 0.6 is 0 Å². The molecule has 0 aliphatic carbocycles. The SMILES string of the molecule is CCNC(CN1CCC(C(C)(C)C)CC1)c1ccccc1. The van der Waals surface area contributed by atoms with Gasteiger partial charge in [-0.2, -0.15) is 0 Å². The van der Waals surface area contributed by atoms with Crippen molar-refractivity contribution in [2.24, 2.45) is 11.3 Å². The highest BCUT2D eigenvalue weighted by Gasteiger charge is 2.29. The normalized spacial score (nSPS) is 19.6. The van der Waals surface area contributed by atoms with Crippen molar-refractivity contribution in [1.82, 2.24) is 10.2 Å². The second-order valence-corrected chi connectivity index (χ2v) is 7.46. The van der Waals surface area contributed by atoms with Crippen LogP contribution < -0.4 is 5.32 Å². The number of nitrogens with one attached hydrogen (secondary N) is 1. The Bertz CT molecular complexity index is 399. The van der Waals surface area contributed by atoms with Crippen molar-refractivity contribution in [2.75, 3.05) is 26.2 Å². The number of nitrogens with zero attached hydrogens (tertiary/aromatic N) is 1. The molecule has 1 heterocycles. The van der Waals surface area contributed by atoms with Gasteiger partial charge in [-0.3, -0.25) is 0 Å². The molecule has 1 unspecified atom stereocenters. The highest BCUT2D eigenvalue weighted by molar-refractivity contribution is 5.19. The number of piperidine rings is 1. The topological polar surface area (TPSA) is 15.3 Å². The van der Waals surface area contributed by atoms with Crippen molar-refractivity contribution in [3.05, 3.63) is 35.9 Å². The monoisotopic (exact) mass is 288 g/mol. The zero-order chi connectivity index (χ0) is 15.3. The Morgan fingerprint density at radius 2 is 1.76 bits per heavy atom. The minimum atomic E-state index is 0.461. The first kappa shape index (κ1) is 16.5. The third-order valence-corrected chi connectivity index (χ3v) is 4.91. The molecule has 2 rings (SSSR count). The molecule has 0 spiro atoms. The van der Waals surface area contributed by atoms with E-state index in [1.165, 1.54) is 31.5 Å². The number of likely N-dealkylation sites (tertiary alicyclic amines) is 1. The van der Waals surface area contributed by atoms with Gasteiger partial charge in [0.25, 0.3) is 0 Å². The van der Waals surface area contributed by atoms with Crippen molar-refractivity contribution in [3.8, 4) is 0 Å². The summed E-state index contributed by atoms with van der Waals surface area (Å²) in [6.07, 6.45) is 2.69. The van der Waals surface area contributed by atoms with Gasteiger partial charge in [0.1, 0.15) is 0 Å². The molecule has 2 nitrogen and oxygen atoms in total. The van der Waals surface area contributed by atoms with E-state index in [0.717, 1.165) is 19.0 Å². The van der Waals surface area contributed by atoms with Crippen LogP contribution in [0.2, 0.25) is 0 Å². The molecule has 0 aromatic heterocycles. The summed E-state index contributed by atoms with van der Waals surface area (Å²) >= 11 is 0. The van der Waals surface area contributed by atoms with Crippen LogP contribution in [0.25, 0.3) is 0 Å². The third kappa shape index (κ3) is 4.82. The molecule has 1 aromatic rings. The summed E-state index contributed by atoms with van der Waals surface area (Å²) in [7, 11) is 0. The zero-order valence-corrected chi connectivity index (χ0v) is 14.2. The molecule has 21 heavy (non-hydrogen) atoms. The van der Waals surface area contributed by atoms with E-state index in [1.54, 1.807) is 0 Å². The van der Waals surface area contributed by atoms with Gasteiger partial charge in [-0.1, -0.05) is 58.0 Å². The number of benzene rings is 1. The smallest absolute Gasteiger partial charge is 0.0449 e. The molecule has 1 aliphatic heterocycles. The molecule has 0 amide bonds. The van der Waals surface area contributed by atoms with E-state index in [4.69, 9.17) is 0 Å². The Kier molecular flexibility index (Phi) is 5.83. The van der Waals surface area contributed by atoms with Crippen LogP contribution in [0.15, 0.2) is 30.3 Å². The number of hydrogen-bond acceptors (Lipinski definition) is 2. The van der Waals surface area contributed by atoms with Crippen molar-refractivity contribution >= 4 is 0 Å². The molecular formula is C19H32N2. The van der Waals surface area contributed by atoms with Crippen LogP contribution in [0, 0.1) is 11.3 Å². The summed E-state index contributed by atoms with van der Waals surface area (Å²) in [4.78, 5) is 2.64. The van der Waals surface area contributed by atoms with E-state index >= 15 is 0 Å². The van der Waals surface area contributed by atoms with E-state index in [9.17, 15) is 0 Å². The predicted molar refractivity (Wildman–Crippen MR) is 91.5 cm³/mol. The summed E-state index contributed by atoms with van der Waals surface area (Å²) in [6, 6.07) is 11.3. The maximum absolute atomic E-state index is 3.65. The van der Waals surface area contributed by atoms with Gasteiger partial charge in [-0.25, -0.2) is 0 Å². The molecule has 0 bridgehead atoms. The van der Waals surface area contributed by atoms with Crippen LogP contribution in [0.4, 0.5) is 0 Å². The van der Waals surface area contributed by atoms with E-state index in [-0.39, 0.29) is 0 Å². The molecule has 2 heteroatoms. The predicted octanol–water partition coefficient (Wildman–Crippen LogP) is 4.10. The summed E-state index contributed by atoms with van der Waals surface area (Å²) in [5.74, 6) is 0.878. The van der Waals surface area contributed by atoms with Gasteiger partial charge in [-0.05, 0) is 49.4 Å². The minimum Gasteiger partial charge on any atom is -0.309 e. The molecule has 1 atom stereocenters. The van der Waals surface area contributed by atoms with Crippen molar-refractivity contribution in [3.63, 3.8) is 0 Å². The molecule has 1 saturated heterocycles. The van der Waals surface area contributed by atoms with Crippen LogP contribution in [-0.2, 0) is 0 Å². The molecule has 118 valence electrons. The Hall–Kier alpha value is -0.860. The van der Waals surface area contributed by atoms with Crippen LogP contribution in [0.3, 0.4) is 0 Å². The van der Waals surface area contributed by atoms with Gasteiger partial charge >= 0.3 is 0 Å². The lowest BCUT2D eigenvalue weighted by Crippen LogP contribution is -2.42. The number of hydrogen-bond donors (Lipinski definition) is 1. The minimum absolute atomic E-state index is 0.461. The molecule has 0 saturated carbocycles. The van der Waals surface area contributed by atoms with E-state index in [2.05, 4.69) is 68.2 Å². The highest BCUT2D eigenvalue weighted by atomic mass is 15.2. The van der Waals surface area contributed by atoms with Gasteiger partial charge in [0, 0.05) is 12.6 Å². The zero-order valence-electron chi connectivity index (χ0n) is 14.2. The average Bonchev–Trinajstić information content (AvgIpc) is 2.47. The Morgan fingerprint density at radius 1 is 1.14 bits per heavy atom. The first-order chi connectivity index (χ1) is 10.0. The fourth-order valence-electron chi connectivity index (χ4n) is 3.46. The molecule has 1 aromatic carbocycles. The van der Waals surface area contributed by atoms with E-state index in [0.29, 0.717) is 11.5 Å². The fourth-order valence-corrected chi connectivity index (χ4v) is 3.46. The Labute approximate surface area is 130 Å². The van der Waals surface area contributed by atoms with Gasteiger partial charge in [0.05, 0.1) is 0 Å². The van der Waals surface area contributed by atoms with Crippen LogP contribution in [0.1, 0.15) is 52.1 Å².